The monoisotopic (exact) mass is 286 g/mol. The lowest BCUT2D eigenvalue weighted by Crippen LogP contribution is -2.50. The van der Waals surface area contributed by atoms with Gasteiger partial charge in [0, 0.05) is 18.3 Å². The highest BCUT2D eigenvalue weighted by Gasteiger charge is 2.58. The Morgan fingerprint density at radius 2 is 1.76 bits per heavy atom. The van der Waals surface area contributed by atoms with Gasteiger partial charge < -0.3 is 0 Å². The molecule has 4 rings (SSSR count). The van der Waals surface area contributed by atoms with E-state index in [1.165, 1.54) is 6.42 Å². The molecule has 3 saturated carbocycles. The summed E-state index contributed by atoms with van der Waals surface area (Å²) in [5, 5.41) is 0. The fourth-order valence-corrected chi connectivity index (χ4v) is 6.37. The van der Waals surface area contributed by atoms with Crippen molar-refractivity contribution < 1.29 is 9.59 Å². The van der Waals surface area contributed by atoms with Gasteiger partial charge in [-0.1, -0.05) is 19.9 Å². The largest absolute Gasteiger partial charge is 0.299 e. The molecule has 0 saturated heterocycles. The first-order valence-electron chi connectivity index (χ1n) is 8.74. The van der Waals surface area contributed by atoms with Gasteiger partial charge in [0.2, 0.25) is 0 Å². The molecule has 2 heteroatoms. The van der Waals surface area contributed by atoms with Crippen molar-refractivity contribution in [3.63, 3.8) is 0 Å². The Morgan fingerprint density at radius 1 is 1.00 bits per heavy atom. The van der Waals surface area contributed by atoms with Crippen molar-refractivity contribution >= 4 is 11.6 Å². The number of Topliss-reactive ketones (excluding diaryl/α,β-unsaturated/α-hetero) is 2. The van der Waals surface area contributed by atoms with E-state index in [2.05, 4.69) is 19.9 Å². The van der Waals surface area contributed by atoms with E-state index >= 15 is 0 Å². The zero-order valence-corrected chi connectivity index (χ0v) is 13.3. The van der Waals surface area contributed by atoms with Gasteiger partial charge in [-0.15, -0.1) is 0 Å². The van der Waals surface area contributed by atoms with Crippen LogP contribution >= 0.6 is 0 Å². The average Bonchev–Trinajstić information content (AvgIpc) is 2.75. The van der Waals surface area contributed by atoms with Crippen LogP contribution in [-0.4, -0.2) is 11.6 Å². The summed E-state index contributed by atoms with van der Waals surface area (Å²) < 4.78 is 0. The fourth-order valence-electron chi connectivity index (χ4n) is 6.37. The molecule has 21 heavy (non-hydrogen) atoms. The number of hydrogen-bond acceptors (Lipinski definition) is 2. The van der Waals surface area contributed by atoms with Crippen LogP contribution in [0.5, 0.6) is 0 Å². The van der Waals surface area contributed by atoms with Crippen LogP contribution in [0.1, 0.15) is 65.2 Å². The molecular formula is C19H26O2. The second kappa shape index (κ2) is 4.30. The standard InChI is InChI=1S/C19H26O2/c1-18-10-3-4-16(20)15(18)6-5-12-13-7-8-17(21)19(13,2)11-9-14(12)18/h6,12-14H,3-5,7-11H2,1-2H3/t12?,13?,14?,18-,19+/m1/s1. The smallest absolute Gasteiger partial charge is 0.159 e. The van der Waals surface area contributed by atoms with E-state index < -0.39 is 0 Å². The van der Waals surface area contributed by atoms with Crippen molar-refractivity contribution in [3.05, 3.63) is 11.6 Å². The maximum Gasteiger partial charge on any atom is 0.159 e. The molecular weight excluding hydrogens is 260 g/mol. The van der Waals surface area contributed by atoms with Gasteiger partial charge in [0.25, 0.3) is 0 Å². The van der Waals surface area contributed by atoms with Gasteiger partial charge in [-0.05, 0) is 67.3 Å². The molecule has 3 unspecified atom stereocenters. The molecule has 0 radical (unpaired) electrons. The highest BCUT2D eigenvalue weighted by molar-refractivity contribution is 5.97. The SMILES string of the molecule is C[C@]12CCCC(=O)C1=CCC1C2CC[C@]2(C)C(=O)CCC12. The number of carbonyl (C=O) groups excluding carboxylic acids is 2. The van der Waals surface area contributed by atoms with E-state index in [-0.39, 0.29) is 10.8 Å². The maximum atomic E-state index is 12.3. The third-order valence-corrected chi connectivity index (χ3v) is 7.57. The third kappa shape index (κ3) is 1.65. The summed E-state index contributed by atoms with van der Waals surface area (Å²) in [7, 11) is 0. The molecule has 0 aliphatic heterocycles. The summed E-state index contributed by atoms with van der Waals surface area (Å²) in [5.74, 6) is 2.74. The number of fused-ring (bicyclic) bond motifs is 5. The second-order valence-electron chi connectivity index (χ2n) is 8.34. The number of rotatable bonds is 0. The van der Waals surface area contributed by atoms with Gasteiger partial charge in [-0.3, -0.25) is 9.59 Å². The molecule has 4 aliphatic carbocycles. The number of ketones is 2. The number of hydrogen-bond donors (Lipinski definition) is 0. The van der Waals surface area contributed by atoms with Crippen LogP contribution in [0.3, 0.4) is 0 Å². The minimum absolute atomic E-state index is 0.0540. The molecule has 0 aromatic rings. The summed E-state index contributed by atoms with van der Waals surface area (Å²) in [5.41, 5.74) is 1.19. The molecule has 114 valence electrons. The quantitative estimate of drug-likeness (QED) is 0.672. The minimum Gasteiger partial charge on any atom is -0.299 e. The Labute approximate surface area is 127 Å². The van der Waals surface area contributed by atoms with Crippen molar-refractivity contribution in [2.75, 3.05) is 0 Å². The zero-order chi connectivity index (χ0) is 14.8. The lowest BCUT2D eigenvalue weighted by Gasteiger charge is -2.55. The normalized spacial score (nSPS) is 49.2. The predicted molar refractivity (Wildman–Crippen MR) is 81.7 cm³/mol. The van der Waals surface area contributed by atoms with Gasteiger partial charge in [0.1, 0.15) is 5.78 Å². The van der Waals surface area contributed by atoms with E-state index in [0.717, 1.165) is 50.5 Å². The van der Waals surface area contributed by atoms with E-state index in [1.807, 2.05) is 0 Å². The number of carbonyl (C=O) groups is 2. The lowest BCUT2D eigenvalue weighted by atomic mass is 9.48. The Bertz CT molecular complexity index is 546. The molecule has 5 atom stereocenters. The zero-order valence-electron chi connectivity index (χ0n) is 13.3. The van der Waals surface area contributed by atoms with Crippen LogP contribution in [-0.2, 0) is 9.59 Å². The highest BCUT2D eigenvalue weighted by Crippen LogP contribution is 2.63. The Balaban J connectivity index is 1.74. The number of allylic oxidation sites excluding steroid dienone is 2. The maximum absolute atomic E-state index is 12.3. The first-order chi connectivity index (χ1) is 9.97. The summed E-state index contributed by atoms with van der Waals surface area (Å²) >= 11 is 0. The van der Waals surface area contributed by atoms with Crippen LogP contribution in [0.4, 0.5) is 0 Å². The Morgan fingerprint density at radius 3 is 2.57 bits per heavy atom. The molecule has 0 aromatic carbocycles. The molecule has 2 nitrogen and oxygen atoms in total. The van der Waals surface area contributed by atoms with Crippen LogP contribution in [0.25, 0.3) is 0 Å². The Hall–Kier alpha value is -0.920. The second-order valence-corrected chi connectivity index (χ2v) is 8.34. The molecule has 4 aliphatic rings. The summed E-state index contributed by atoms with van der Waals surface area (Å²) in [6, 6.07) is 0. The third-order valence-electron chi connectivity index (χ3n) is 7.57. The summed E-state index contributed by atoms with van der Waals surface area (Å²) in [6.07, 6.45) is 10.3. The van der Waals surface area contributed by atoms with Crippen molar-refractivity contribution in [2.24, 2.45) is 28.6 Å². The summed E-state index contributed by atoms with van der Waals surface area (Å²) in [6.45, 7) is 4.56. The highest BCUT2D eigenvalue weighted by atomic mass is 16.1. The molecule has 0 aromatic heterocycles. The van der Waals surface area contributed by atoms with E-state index in [0.29, 0.717) is 29.3 Å². The van der Waals surface area contributed by atoms with Crippen molar-refractivity contribution in [3.8, 4) is 0 Å². The fraction of sp³-hybridized carbons (Fsp3) is 0.789. The van der Waals surface area contributed by atoms with Crippen LogP contribution in [0.2, 0.25) is 0 Å². The first kappa shape index (κ1) is 13.7. The van der Waals surface area contributed by atoms with E-state index in [9.17, 15) is 9.59 Å². The predicted octanol–water partition coefficient (Wildman–Crippen LogP) is 4.09. The molecule has 0 bridgehead atoms. The molecule has 0 N–H and O–H groups in total. The van der Waals surface area contributed by atoms with Gasteiger partial charge >= 0.3 is 0 Å². The van der Waals surface area contributed by atoms with Crippen LogP contribution in [0.15, 0.2) is 11.6 Å². The topological polar surface area (TPSA) is 34.1 Å². The summed E-state index contributed by atoms with van der Waals surface area (Å²) in [4.78, 5) is 24.7. The van der Waals surface area contributed by atoms with Crippen molar-refractivity contribution in [2.45, 2.75) is 65.2 Å². The van der Waals surface area contributed by atoms with Gasteiger partial charge in [-0.25, -0.2) is 0 Å². The van der Waals surface area contributed by atoms with Gasteiger partial charge in [0.15, 0.2) is 5.78 Å². The minimum atomic E-state index is -0.0540. The molecule has 0 spiro atoms. The van der Waals surface area contributed by atoms with E-state index in [1.54, 1.807) is 0 Å². The first-order valence-corrected chi connectivity index (χ1v) is 8.74. The average molecular weight is 286 g/mol. The Kier molecular flexibility index (Phi) is 2.81. The lowest BCUT2D eigenvalue weighted by molar-refractivity contribution is -0.133. The van der Waals surface area contributed by atoms with Crippen LogP contribution < -0.4 is 0 Å². The van der Waals surface area contributed by atoms with Gasteiger partial charge in [0.05, 0.1) is 0 Å². The van der Waals surface area contributed by atoms with E-state index in [4.69, 9.17) is 0 Å². The molecule has 3 fully saturated rings. The molecule has 0 heterocycles. The van der Waals surface area contributed by atoms with Gasteiger partial charge in [-0.2, -0.15) is 0 Å². The van der Waals surface area contributed by atoms with Crippen molar-refractivity contribution in [1.29, 1.82) is 0 Å². The van der Waals surface area contributed by atoms with Crippen LogP contribution in [0, 0.1) is 28.6 Å². The van der Waals surface area contributed by atoms with Crippen molar-refractivity contribution in [1.82, 2.24) is 0 Å². The molecule has 0 amide bonds.